The van der Waals surface area contributed by atoms with Gasteiger partial charge < -0.3 is 10.1 Å². The molecule has 126 valence electrons. The van der Waals surface area contributed by atoms with Gasteiger partial charge in [0.2, 0.25) is 5.91 Å². The molecule has 7 heteroatoms. The normalized spacial score (nSPS) is 11.5. The van der Waals surface area contributed by atoms with E-state index in [4.69, 9.17) is 16.3 Å². The lowest BCUT2D eigenvalue weighted by atomic mass is 10.2. The Morgan fingerprint density at radius 1 is 1.21 bits per heavy atom. The van der Waals surface area contributed by atoms with Crippen LogP contribution in [-0.2, 0) is 14.6 Å². The molecular formula is C17H16ClNO4S. The number of sulfone groups is 1. The van der Waals surface area contributed by atoms with Gasteiger partial charge in [-0.3, -0.25) is 4.79 Å². The molecule has 0 aliphatic carbocycles. The summed E-state index contributed by atoms with van der Waals surface area (Å²) in [6, 6.07) is 11.2. The SMILES string of the molecule is COc1ccc(/C=C/C(=O)Nc2cccc(S(C)(=O)=O)c2)cc1Cl. The number of ether oxygens (including phenoxy) is 1. The number of nitrogens with one attached hydrogen (secondary N) is 1. The third kappa shape index (κ3) is 4.84. The zero-order valence-electron chi connectivity index (χ0n) is 13.1. The van der Waals surface area contributed by atoms with E-state index in [-0.39, 0.29) is 10.8 Å². The molecular weight excluding hydrogens is 350 g/mol. The Balaban J connectivity index is 2.09. The fourth-order valence-corrected chi connectivity index (χ4v) is 2.88. The summed E-state index contributed by atoms with van der Waals surface area (Å²) in [5.41, 5.74) is 1.14. The number of hydrogen-bond acceptors (Lipinski definition) is 4. The van der Waals surface area contributed by atoms with Gasteiger partial charge in [-0.15, -0.1) is 0 Å². The second kappa shape index (κ2) is 7.51. The first-order valence-electron chi connectivity index (χ1n) is 6.92. The van der Waals surface area contributed by atoms with Gasteiger partial charge in [-0.2, -0.15) is 0 Å². The average Bonchev–Trinajstić information content (AvgIpc) is 2.52. The minimum Gasteiger partial charge on any atom is -0.495 e. The molecule has 0 unspecified atom stereocenters. The van der Waals surface area contributed by atoms with E-state index in [1.807, 2.05) is 0 Å². The number of methoxy groups -OCH3 is 1. The number of carbonyl (C=O) groups excluding carboxylic acids is 1. The second-order valence-corrected chi connectivity index (χ2v) is 7.44. The minimum absolute atomic E-state index is 0.145. The lowest BCUT2D eigenvalue weighted by molar-refractivity contribution is -0.111. The molecule has 0 aliphatic heterocycles. The van der Waals surface area contributed by atoms with Gasteiger partial charge in [-0.25, -0.2) is 8.42 Å². The predicted octanol–water partition coefficient (Wildman–Crippen LogP) is 3.40. The molecule has 0 aliphatic rings. The molecule has 0 saturated carbocycles. The van der Waals surface area contributed by atoms with Gasteiger partial charge >= 0.3 is 0 Å². The van der Waals surface area contributed by atoms with Gasteiger partial charge in [0.25, 0.3) is 0 Å². The van der Waals surface area contributed by atoms with E-state index in [1.165, 1.54) is 25.3 Å². The van der Waals surface area contributed by atoms with Crippen molar-refractivity contribution in [1.29, 1.82) is 0 Å². The predicted molar refractivity (Wildman–Crippen MR) is 95.2 cm³/mol. The molecule has 0 heterocycles. The van der Waals surface area contributed by atoms with E-state index in [9.17, 15) is 13.2 Å². The number of benzene rings is 2. The highest BCUT2D eigenvalue weighted by atomic mass is 35.5. The van der Waals surface area contributed by atoms with Crippen molar-refractivity contribution in [1.82, 2.24) is 0 Å². The van der Waals surface area contributed by atoms with Gasteiger partial charge in [0.15, 0.2) is 9.84 Å². The van der Waals surface area contributed by atoms with E-state index >= 15 is 0 Å². The van der Waals surface area contributed by atoms with Crippen molar-refractivity contribution in [2.24, 2.45) is 0 Å². The zero-order chi connectivity index (χ0) is 17.7. The Labute approximate surface area is 145 Å². The highest BCUT2D eigenvalue weighted by Gasteiger charge is 2.08. The highest BCUT2D eigenvalue weighted by Crippen LogP contribution is 2.25. The maximum atomic E-state index is 11.9. The average molecular weight is 366 g/mol. The molecule has 2 rings (SSSR count). The first-order chi connectivity index (χ1) is 11.3. The highest BCUT2D eigenvalue weighted by molar-refractivity contribution is 7.90. The number of rotatable bonds is 5. The standard InChI is InChI=1S/C17H16ClNO4S/c1-23-16-8-6-12(10-15(16)18)7-9-17(20)19-13-4-3-5-14(11-13)24(2,21)22/h3-11H,1-2H3,(H,19,20)/b9-7+. The number of hydrogen-bond donors (Lipinski definition) is 1. The van der Waals surface area contributed by atoms with Crippen molar-refractivity contribution in [3.8, 4) is 5.75 Å². The smallest absolute Gasteiger partial charge is 0.248 e. The van der Waals surface area contributed by atoms with E-state index in [0.717, 1.165) is 11.8 Å². The maximum Gasteiger partial charge on any atom is 0.248 e. The summed E-state index contributed by atoms with van der Waals surface area (Å²) in [4.78, 5) is 12.1. The van der Waals surface area contributed by atoms with Gasteiger partial charge in [-0.1, -0.05) is 23.7 Å². The summed E-state index contributed by atoms with van der Waals surface area (Å²) in [5, 5.41) is 3.06. The topological polar surface area (TPSA) is 72.5 Å². The molecule has 0 bridgehead atoms. The molecule has 0 spiro atoms. The van der Waals surface area contributed by atoms with Crippen LogP contribution in [-0.4, -0.2) is 27.7 Å². The molecule has 2 aromatic carbocycles. The van der Waals surface area contributed by atoms with Crippen LogP contribution in [0.25, 0.3) is 6.08 Å². The van der Waals surface area contributed by atoms with Gasteiger partial charge in [-0.05, 0) is 42.0 Å². The van der Waals surface area contributed by atoms with Crippen LogP contribution in [0.3, 0.4) is 0 Å². The molecule has 0 atom stereocenters. The van der Waals surface area contributed by atoms with Gasteiger partial charge in [0.1, 0.15) is 5.75 Å². The van der Waals surface area contributed by atoms with Gasteiger partial charge in [0, 0.05) is 18.0 Å². The van der Waals surface area contributed by atoms with Crippen molar-refractivity contribution in [3.63, 3.8) is 0 Å². The van der Waals surface area contributed by atoms with E-state index in [0.29, 0.717) is 16.5 Å². The Kier molecular flexibility index (Phi) is 5.64. The third-order valence-corrected chi connectivity index (χ3v) is 4.54. The van der Waals surface area contributed by atoms with E-state index in [1.54, 1.807) is 36.4 Å². The third-order valence-electron chi connectivity index (χ3n) is 3.13. The largest absolute Gasteiger partial charge is 0.495 e. The Hall–Kier alpha value is -2.31. The molecule has 0 saturated heterocycles. The van der Waals surface area contributed by atoms with Crippen LogP contribution in [0, 0.1) is 0 Å². The van der Waals surface area contributed by atoms with Crippen molar-refractivity contribution in [3.05, 3.63) is 59.1 Å². The van der Waals surface area contributed by atoms with Crippen LogP contribution in [0.2, 0.25) is 5.02 Å². The lowest BCUT2D eigenvalue weighted by Crippen LogP contribution is -2.08. The molecule has 0 aromatic heterocycles. The van der Waals surface area contributed by atoms with Crippen LogP contribution in [0.15, 0.2) is 53.4 Å². The zero-order valence-corrected chi connectivity index (χ0v) is 14.7. The number of halogens is 1. The Morgan fingerprint density at radius 3 is 2.58 bits per heavy atom. The summed E-state index contributed by atoms with van der Waals surface area (Å²) in [5.74, 6) is 0.170. The molecule has 5 nitrogen and oxygen atoms in total. The summed E-state index contributed by atoms with van der Waals surface area (Å²) in [7, 11) is -1.80. The quantitative estimate of drug-likeness (QED) is 0.824. The molecule has 0 radical (unpaired) electrons. The summed E-state index contributed by atoms with van der Waals surface area (Å²) in [6.45, 7) is 0. The summed E-state index contributed by atoms with van der Waals surface area (Å²) in [6.07, 6.45) is 4.05. The second-order valence-electron chi connectivity index (χ2n) is 5.02. The van der Waals surface area contributed by atoms with Crippen LogP contribution >= 0.6 is 11.6 Å². The van der Waals surface area contributed by atoms with Crippen LogP contribution < -0.4 is 10.1 Å². The Morgan fingerprint density at radius 2 is 1.96 bits per heavy atom. The molecule has 1 N–H and O–H groups in total. The maximum absolute atomic E-state index is 11.9. The number of amides is 1. The number of carbonyl (C=O) groups is 1. The fourth-order valence-electron chi connectivity index (χ4n) is 1.95. The summed E-state index contributed by atoms with van der Waals surface area (Å²) >= 11 is 6.02. The van der Waals surface area contributed by atoms with Crippen molar-refractivity contribution in [2.45, 2.75) is 4.90 Å². The van der Waals surface area contributed by atoms with E-state index < -0.39 is 9.84 Å². The molecule has 2 aromatic rings. The first kappa shape index (κ1) is 18.0. The number of anilines is 1. The lowest BCUT2D eigenvalue weighted by Gasteiger charge is -2.05. The van der Waals surface area contributed by atoms with Crippen LogP contribution in [0.5, 0.6) is 5.75 Å². The molecule has 0 fully saturated rings. The molecule has 24 heavy (non-hydrogen) atoms. The minimum atomic E-state index is -3.32. The first-order valence-corrected chi connectivity index (χ1v) is 9.19. The summed E-state index contributed by atoms with van der Waals surface area (Å²) < 4.78 is 28.1. The van der Waals surface area contributed by atoms with Crippen LogP contribution in [0.4, 0.5) is 5.69 Å². The van der Waals surface area contributed by atoms with Gasteiger partial charge in [0.05, 0.1) is 17.0 Å². The van der Waals surface area contributed by atoms with Crippen molar-refractivity contribution in [2.75, 3.05) is 18.7 Å². The fraction of sp³-hybridized carbons (Fsp3) is 0.118. The molecule has 1 amide bonds. The van der Waals surface area contributed by atoms with Crippen LogP contribution in [0.1, 0.15) is 5.56 Å². The van der Waals surface area contributed by atoms with E-state index in [2.05, 4.69) is 5.32 Å². The monoisotopic (exact) mass is 365 g/mol. The van der Waals surface area contributed by atoms with Crippen molar-refractivity contribution >= 4 is 39.1 Å². The Bertz CT molecular complexity index is 891. The van der Waals surface area contributed by atoms with Crippen molar-refractivity contribution < 1.29 is 17.9 Å².